The normalized spacial score (nSPS) is 21.2. The van der Waals surface area contributed by atoms with E-state index in [9.17, 15) is 13.2 Å². The molecule has 8 heteroatoms. The van der Waals surface area contributed by atoms with Crippen molar-refractivity contribution < 1.29 is 13.2 Å². The van der Waals surface area contributed by atoms with E-state index in [1.165, 1.54) is 25.1 Å². The van der Waals surface area contributed by atoms with Gasteiger partial charge in [0, 0.05) is 18.1 Å². The van der Waals surface area contributed by atoms with Gasteiger partial charge >= 0.3 is 0 Å². The van der Waals surface area contributed by atoms with Gasteiger partial charge in [0.25, 0.3) is 0 Å². The van der Waals surface area contributed by atoms with Gasteiger partial charge in [-0.05, 0) is 25.1 Å². The Morgan fingerprint density at radius 2 is 2.05 bits per heavy atom. The lowest BCUT2D eigenvalue weighted by Gasteiger charge is -2.31. The predicted molar refractivity (Wildman–Crippen MR) is 72.8 cm³/mol. The fraction of sp³-hybridized carbons (Fsp3) is 0.364. The molecule has 0 spiro atoms. The average molecular weight is 323 g/mol. The monoisotopic (exact) mass is 322 g/mol. The number of hydrogen-bond acceptors (Lipinski definition) is 3. The van der Waals surface area contributed by atoms with E-state index in [0.29, 0.717) is 0 Å². The minimum atomic E-state index is -3.84. The van der Waals surface area contributed by atoms with Gasteiger partial charge in [-0.1, -0.05) is 23.2 Å². The standard InChI is InChI=1S/C11H12Cl2N2O3S/c1-7-11(16)14-4-5-15(7)19(17,18)10-6-8(12)2-3-9(10)13/h2-3,6-7H,4-5H2,1H3,(H,14,16). The van der Waals surface area contributed by atoms with Crippen molar-refractivity contribution in [3.05, 3.63) is 28.2 Å². The molecule has 1 heterocycles. The highest BCUT2D eigenvalue weighted by molar-refractivity contribution is 7.89. The van der Waals surface area contributed by atoms with Crippen LogP contribution in [0.15, 0.2) is 23.1 Å². The Labute approximate surface area is 121 Å². The molecule has 0 bridgehead atoms. The highest BCUT2D eigenvalue weighted by atomic mass is 35.5. The average Bonchev–Trinajstić information content (AvgIpc) is 2.35. The van der Waals surface area contributed by atoms with Crippen LogP contribution < -0.4 is 5.32 Å². The lowest BCUT2D eigenvalue weighted by molar-refractivity contribution is -0.126. The van der Waals surface area contributed by atoms with Crippen LogP contribution in [0, 0.1) is 0 Å². The third-order valence-corrected chi connectivity index (χ3v) is 5.61. The van der Waals surface area contributed by atoms with E-state index >= 15 is 0 Å². The molecule has 1 aliphatic heterocycles. The molecule has 1 aliphatic rings. The molecule has 19 heavy (non-hydrogen) atoms. The Hall–Kier alpha value is -0.820. The molecule has 1 fully saturated rings. The summed E-state index contributed by atoms with van der Waals surface area (Å²) in [6.45, 7) is 2.02. The van der Waals surface area contributed by atoms with E-state index in [2.05, 4.69) is 5.32 Å². The molecule has 0 saturated carbocycles. The SMILES string of the molecule is CC1C(=O)NCCN1S(=O)(=O)c1cc(Cl)ccc1Cl. The Morgan fingerprint density at radius 1 is 1.37 bits per heavy atom. The first-order valence-corrected chi connectivity index (χ1v) is 7.78. The predicted octanol–water partition coefficient (Wildman–Crippen LogP) is 1.50. The molecule has 1 unspecified atom stereocenters. The summed E-state index contributed by atoms with van der Waals surface area (Å²) in [7, 11) is -3.84. The highest BCUT2D eigenvalue weighted by Crippen LogP contribution is 2.29. The molecule has 1 aromatic carbocycles. The van der Waals surface area contributed by atoms with Crippen molar-refractivity contribution in [1.29, 1.82) is 0 Å². The molecule has 0 aliphatic carbocycles. The van der Waals surface area contributed by atoms with Crippen LogP contribution >= 0.6 is 23.2 Å². The van der Waals surface area contributed by atoms with Gasteiger partial charge in [0.1, 0.15) is 10.9 Å². The molecule has 1 atom stereocenters. The Morgan fingerprint density at radius 3 is 2.74 bits per heavy atom. The van der Waals surface area contributed by atoms with Gasteiger partial charge in [-0.15, -0.1) is 0 Å². The summed E-state index contributed by atoms with van der Waals surface area (Å²) in [5.74, 6) is -0.326. The second-order valence-corrected chi connectivity index (χ2v) is 6.86. The molecular formula is C11H12Cl2N2O3S. The van der Waals surface area contributed by atoms with Crippen molar-refractivity contribution in [2.75, 3.05) is 13.1 Å². The molecule has 1 saturated heterocycles. The van der Waals surface area contributed by atoms with Gasteiger partial charge in [-0.3, -0.25) is 4.79 Å². The van der Waals surface area contributed by atoms with Gasteiger partial charge in [-0.25, -0.2) is 8.42 Å². The molecule has 1 amide bonds. The van der Waals surface area contributed by atoms with Crippen LogP contribution in [0.4, 0.5) is 0 Å². The number of halogens is 2. The van der Waals surface area contributed by atoms with Gasteiger partial charge < -0.3 is 5.32 Å². The number of carbonyl (C=O) groups excluding carboxylic acids is 1. The van der Waals surface area contributed by atoms with Crippen molar-refractivity contribution >= 4 is 39.1 Å². The maximum atomic E-state index is 12.5. The van der Waals surface area contributed by atoms with Crippen molar-refractivity contribution in [1.82, 2.24) is 9.62 Å². The van der Waals surface area contributed by atoms with Crippen LogP contribution in [-0.4, -0.2) is 37.8 Å². The second-order valence-electron chi connectivity index (χ2n) is 4.16. The number of benzene rings is 1. The number of carbonyl (C=O) groups is 1. The van der Waals surface area contributed by atoms with E-state index < -0.39 is 16.1 Å². The van der Waals surface area contributed by atoms with E-state index in [1.54, 1.807) is 0 Å². The number of piperazine rings is 1. The summed E-state index contributed by atoms with van der Waals surface area (Å²) >= 11 is 11.7. The number of sulfonamides is 1. The molecular weight excluding hydrogens is 311 g/mol. The van der Waals surface area contributed by atoms with Crippen LogP contribution in [0.1, 0.15) is 6.92 Å². The number of rotatable bonds is 2. The van der Waals surface area contributed by atoms with E-state index in [1.807, 2.05) is 0 Å². The third kappa shape index (κ3) is 2.72. The van der Waals surface area contributed by atoms with Gasteiger partial charge in [0.15, 0.2) is 0 Å². The lowest BCUT2D eigenvalue weighted by atomic mass is 10.2. The van der Waals surface area contributed by atoms with Crippen LogP contribution in [-0.2, 0) is 14.8 Å². The maximum absolute atomic E-state index is 12.5. The largest absolute Gasteiger partial charge is 0.353 e. The topological polar surface area (TPSA) is 66.5 Å². The maximum Gasteiger partial charge on any atom is 0.245 e. The number of amides is 1. The second kappa shape index (κ2) is 5.28. The molecule has 0 aromatic heterocycles. The number of nitrogens with one attached hydrogen (secondary N) is 1. The highest BCUT2D eigenvalue weighted by Gasteiger charge is 2.36. The minimum absolute atomic E-state index is 0.0804. The molecule has 5 nitrogen and oxygen atoms in total. The number of nitrogens with zero attached hydrogens (tertiary/aromatic N) is 1. The van der Waals surface area contributed by atoms with E-state index in [0.717, 1.165) is 4.31 Å². The van der Waals surface area contributed by atoms with E-state index in [-0.39, 0.29) is 33.9 Å². The van der Waals surface area contributed by atoms with Crippen molar-refractivity contribution in [2.24, 2.45) is 0 Å². The molecule has 0 radical (unpaired) electrons. The Balaban J connectivity index is 2.47. The third-order valence-electron chi connectivity index (χ3n) is 2.92. The summed E-state index contributed by atoms with van der Waals surface area (Å²) < 4.78 is 26.2. The number of hydrogen-bond donors (Lipinski definition) is 1. The fourth-order valence-corrected chi connectivity index (χ4v) is 4.22. The summed E-state index contributed by atoms with van der Waals surface area (Å²) in [4.78, 5) is 11.5. The van der Waals surface area contributed by atoms with Gasteiger partial charge in [0.2, 0.25) is 15.9 Å². The quantitative estimate of drug-likeness (QED) is 0.897. The molecule has 104 valence electrons. The fourth-order valence-electron chi connectivity index (χ4n) is 1.89. The summed E-state index contributed by atoms with van der Waals surface area (Å²) in [5, 5.41) is 2.97. The zero-order valence-electron chi connectivity index (χ0n) is 10.1. The van der Waals surface area contributed by atoms with Crippen LogP contribution in [0.25, 0.3) is 0 Å². The lowest BCUT2D eigenvalue weighted by Crippen LogP contribution is -2.55. The van der Waals surface area contributed by atoms with Crippen LogP contribution in [0.2, 0.25) is 10.0 Å². The molecule has 1 aromatic rings. The van der Waals surface area contributed by atoms with Crippen molar-refractivity contribution in [3.63, 3.8) is 0 Å². The zero-order chi connectivity index (χ0) is 14.2. The Kier molecular flexibility index (Phi) is 4.06. The molecule has 2 rings (SSSR count). The van der Waals surface area contributed by atoms with Crippen LogP contribution in [0.5, 0.6) is 0 Å². The first-order valence-electron chi connectivity index (χ1n) is 5.58. The van der Waals surface area contributed by atoms with Crippen molar-refractivity contribution in [2.45, 2.75) is 17.9 Å². The van der Waals surface area contributed by atoms with Gasteiger partial charge in [0.05, 0.1) is 5.02 Å². The molecule has 1 N–H and O–H groups in total. The minimum Gasteiger partial charge on any atom is -0.353 e. The van der Waals surface area contributed by atoms with Crippen LogP contribution in [0.3, 0.4) is 0 Å². The summed E-state index contributed by atoms with van der Waals surface area (Å²) in [6.07, 6.45) is 0. The first kappa shape index (κ1) is 14.6. The smallest absolute Gasteiger partial charge is 0.245 e. The first-order chi connectivity index (χ1) is 8.84. The van der Waals surface area contributed by atoms with Crippen molar-refractivity contribution in [3.8, 4) is 0 Å². The zero-order valence-corrected chi connectivity index (χ0v) is 12.4. The van der Waals surface area contributed by atoms with Gasteiger partial charge in [-0.2, -0.15) is 4.31 Å². The summed E-state index contributed by atoms with van der Waals surface area (Å²) in [5.41, 5.74) is 0. The summed E-state index contributed by atoms with van der Waals surface area (Å²) in [6, 6.07) is 3.45. The van der Waals surface area contributed by atoms with E-state index in [4.69, 9.17) is 23.2 Å². The Bertz CT molecular complexity index is 618.